The van der Waals surface area contributed by atoms with E-state index in [2.05, 4.69) is 52.0 Å². The van der Waals surface area contributed by atoms with Gasteiger partial charge in [0.05, 0.1) is 5.69 Å². The molecule has 0 amide bonds. The van der Waals surface area contributed by atoms with E-state index in [0.29, 0.717) is 0 Å². The average Bonchev–Trinajstić information content (AvgIpc) is 3.09. The van der Waals surface area contributed by atoms with Gasteiger partial charge in [-0.2, -0.15) is 4.68 Å². The van der Waals surface area contributed by atoms with Gasteiger partial charge in [0, 0.05) is 12.3 Å². The summed E-state index contributed by atoms with van der Waals surface area (Å²) in [4.78, 5) is 0. The minimum absolute atomic E-state index is 0. The van der Waals surface area contributed by atoms with Crippen LogP contribution in [-0.2, 0) is 6.54 Å². The highest BCUT2D eigenvalue weighted by Gasteiger charge is 2.08. The van der Waals surface area contributed by atoms with E-state index in [0.717, 1.165) is 36.1 Å². The van der Waals surface area contributed by atoms with Crippen LogP contribution in [-0.4, -0.2) is 32.5 Å². The molecule has 5 nitrogen and oxygen atoms in total. The number of rotatable bonds is 8. The standard InChI is InChI=1S/C18H21N5S.ClH/c1-15-8-5-6-9-16(15)14-19-12-7-13-24-18-20-21-22-23(18)17-10-3-2-4-11-17;/h2-6,8-11,19H,7,12-14H2,1H3;1H/p-1. The van der Waals surface area contributed by atoms with E-state index in [1.165, 1.54) is 11.1 Å². The molecule has 0 spiro atoms. The summed E-state index contributed by atoms with van der Waals surface area (Å²) in [5, 5.41) is 16.3. The van der Waals surface area contributed by atoms with Crippen LogP contribution in [0.2, 0.25) is 0 Å². The zero-order valence-electron chi connectivity index (χ0n) is 14.1. The predicted molar refractivity (Wildman–Crippen MR) is 97.4 cm³/mol. The molecule has 1 aromatic heterocycles. The zero-order valence-corrected chi connectivity index (χ0v) is 15.7. The van der Waals surface area contributed by atoms with Crippen molar-refractivity contribution in [2.75, 3.05) is 12.3 Å². The Morgan fingerprint density at radius 3 is 2.60 bits per heavy atom. The summed E-state index contributed by atoms with van der Waals surface area (Å²) in [5.41, 5.74) is 3.68. The Morgan fingerprint density at radius 2 is 1.80 bits per heavy atom. The Labute approximate surface area is 158 Å². The lowest BCUT2D eigenvalue weighted by atomic mass is 10.1. The van der Waals surface area contributed by atoms with Crippen LogP contribution in [0.25, 0.3) is 5.69 Å². The van der Waals surface area contributed by atoms with Gasteiger partial charge in [0.15, 0.2) is 0 Å². The number of para-hydroxylation sites is 1. The van der Waals surface area contributed by atoms with E-state index in [-0.39, 0.29) is 12.4 Å². The van der Waals surface area contributed by atoms with Gasteiger partial charge in [0.25, 0.3) is 0 Å². The van der Waals surface area contributed by atoms with Gasteiger partial charge >= 0.3 is 0 Å². The number of nitrogens with zero attached hydrogens (tertiary/aromatic N) is 4. The molecule has 2 aromatic carbocycles. The molecular formula is C18H21ClN5S-. The highest BCUT2D eigenvalue weighted by molar-refractivity contribution is 7.99. The molecule has 132 valence electrons. The van der Waals surface area contributed by atoms with Gasteiger partial charge in [-0.3, -0.25) is 0 Å². The fourth-order valence-corrected chi connectivity index (χ4v) is 3.22. The van der Waals surface area contributed by atoms with Crippen LogP contribution in [0.3, 0.4) is 0 Å². The molecule has 0 unspecified atom stereocenters. The Bertz CT molecular complexity index is 763. The second-order valence-corrected chi connectivity index (χ2v) is 6.58. The van der Waals surface area contributed by atoms with Gasteiger partial charge in [-0.1, -0.05) is 54.2 Å². The quantitative estimate of drug-likeness (QED) is 0.452. The van der Waals surface area contributed by atoms with E-state index in [1.807, 2.05) is 30.3 Å². The number of thioether (sulfide) groups is 1. The monoisotopic (exact) mass is 374 g/mol. The number of nitrogens with one attached hydrogen (secondary N) is 1. The van der Waals surface area contributed by atoms with Gasteiger partial charge in [-0.05, 0) is 53.6 Å². The molecule has 3 aromatic rings. The molecule has 25 heavy (non-hydrogen) atoms. The van der Waals surface area contributed by atoms with Crippen molar-refractivity contribution >= 4 is 11.8 Å². The summed E-state index contributed by atoms with van der Waals surface area (Å²) >= 11 is 1.68. The molecule has 0 atom stereocenters. The van der Waals surface area contributed by atoms with Gasteiger partial charge in [-0.25, -0.2) is 0 Å². The van der Waals surface area contributed by atoms with E-state index in [9.17, 15) is 0 Å². The maximum atomic E-state index is 4.11. The van der Waals surface area contributed by atoms with Crippen LogP contribution >= 0.6 is 11.8 Å². The number of hydrogen-bond acceptors (Lipinski definition) is 5. The van der Waals surface area contributed by atoms with Crippen molar-refractivity contribution < 1.29 is 12.4 Å². The molecule has 0 fully saturated rings. The van der Waals surface area contributed by atoms with Crippen molar-refractivity contribution in [2.45, 2.75) is 25.0 Å². The van der Waals surface area contributed by atoms with Crippen molar-refractivity contribution in [3.63, 3.8) is 0 Å². The first kappa shape index (κ1) is 19.4. The molecular weight excluding hydrogens is 354 g/mol. The molecule has 0 bridgehead atoms. The summed E-state index contributed by atoms with van der Waals surface area (Å²) < 4.78 is 1.78. The lowest BCUT2D eigenvalue weighted by Crippen LogP contribution is -3.00. The molecule has 0 radical (unpaired) electrons. The van der Waals surface area contributed by atoms with Crippen molar-refractivity contribution in [3.8, 4) is 5.69 Å². The summed E-state index contributed by atoms with van der Waals surface area (Å²) in [6.07, 6.45) is 1.07. The van der Waals surface area contributed by atoms with Gasteiger partial charge in [0.2, 0.25) is 5.16 Å². The van der Waals surface area contributed by atoms with Crippen LogP contribution in [0, 0.1) is 6.92 Å². The Kier molecular flexibility index (Phi) is 7.91. The summed E-state index contributed by atoms with van der Waals surface area (Å²) in [7, 11) is 0. The summed E-state index contributed by atoms with van der Waals surface area (Å²) in [6, 6.07) is 18.5. The van der Waals surface area contributed by atoms with Crippen LogP contribution in [0.15, 0.2) is 59.8 Å². The highest BCUT2D eigenvalue weighted by atomic mass is 35.5. The average molecular weight is 375 g/mol. The number of tetrazole rings is 1. The smallest absolute Gasteiger partial charge is 0.214 e. The molecule has 3 rings (SSSR count). The molecule has 0 saturated heterocycles. The SMILES string of the molecule is Cc1ccccc1CNCCCSc1nnnn1-c1ccccc1.[Cl-]. The number of aryl methyl sites for hydroxylation is 1. The number of halogens is 1. The third-order valence-corrected chi connectivity index (χ3v) is 4.75. The molecule has 0 aliphatic rings. The topological polar surface area (TPSA) is 55.6 Å². The van der Waals surface area contributed by atoms with Gasteiger partial charge in [0.1, 0.15) is 0 Å². The first-order valence-corrected chi connectivity index (χ1v) is 9.05. The van der Waals surface area contributed by atoms with E-state index >= 15 is 0 Å². The van der Waals surface area contributed by atoms with Crippen LogP contribution in [0.5, 0.6) is 0 Å². The minimum Gasteiger partial charge on any atom is -1.00 e. The molecule has 1 N–H and O–H groups in total. The fourth-order valence-electron chi connectivity index (χ4n) is 2.39. The minimum atomic E-state index is 0. The van der Waals surface area contributed by atoms with Crippen molar-refractivity contribution in [3.05, 3.63) is 65.7 Å². The van der Waals surface area contributed by atoms with Crippen LogP contribution in [0.4, 0.5) is 0 Å². The van der Waals surface area contributed by atoms with Gasteiger partial charge < -0.3 is 17.7 Å². The Morgan fingerprint density at radius 1 is 1.04 bits per heavy atom. The van der Waals surface area contributed by atoms with Crippen molar-refractivity contribution in [1.82, 2.24) is 25.5 Å². The predicted octanol–water partition coefficient (Wildman–Crippen LogP) is 0.247. The van der Waals surface area contributed by atoms with Crippen LogP contribution < -0.4 is 17.7 Å². The number of aromatic nitrogens is 4. The maximum absolute atomic E-state index is 4.11. The van der Waals surface area contributed by atoms with E-state index in [4.69, 9.17) is 0 Å². The summed E-state index contributed by atoms with van der Waals surface area (Å²) in [5.74, 6) is 0.980. The lowest BCUT2D eigenvalue weighted by molar-refractivity contribution is -0.00000504. The first-order chi connectivity index (χ1) is 11.8. The largest absolute Gasteiger partial charge is 1.00 e. The third kappa shape index (κ3) is 5.56. The normalized spacial score (nSPS) is 10.4. The van der Waals surface area contributed by atoms with Crippen LogP contribution in [0.1, 0.15) is 17.5 Å². The number of benzene rings is 2. The van der Waals surface area contributed by atoms with Crippen molar-refractivity contribution in [2.24, 2.45) is 0 Å². The molecule has 1 heterocycles. The number of hydrogen-bond donors (Lipinski definition) is 1. The van der Waals surface area contributed by atoms with Crippen molar-refractivity contribution in [1.29, 1.82) is 0 Å². The fraction of sp³-hybridized carbons (Fsp3) is 0.278. The summed E-state index contributed by atoms with van der Waals surface area (Å²) in [6.45, 7) is 4.05. The molecule has 0 aliphatic heterocycles. The van der Waals surface area contributed by atoms with E-state index < -0.39 is 0 Å². The second kappa shape index (κ2) is 10.2. The maximum Gasteiger partial charge on any atom is 0.214 e. The van der Waals surface area contributed by atoms with Gasteiger partial charge in [-0.15, -0.1) is 5.10 Å². The Hall–Kier alpha value is -1.89. The third-order valence-electron chi connectivity index (χ3n) is 3.75. The molecule has 0 aliphatic carbocycles. The molecule has 7 heteroatoms. The Balaban J connectivity index is 0.00000225. The lowest BCUT2D eigenvalue weighted by Gasteiger charge is -2.07. The van der Waals surface area contributed by atoms with E-state index in [1.54, 1.807) is 16.4 Å². The first-order valence-electron chi connectivity index (χ1n) is 8.06. The zero-order chi connectivity index (χ0) is 16.6. The highest BCUT2D eigenvalue weighted by Crippen LogP contribution is 2.18. The second-order valence-electron chi connectivity index (χ2n) is 5.51. The molecule has 0 saturated carbocycles.